The van der Waals surface area contributed by atoms with Gasteiger partial charge in [0.05, 0.1) is 0 Å². The fourth-order valence-corrected chi connectivity index (χ4v) is 2.36. The summed E-state index contributed by atoms with van der Waals surface area (Å²) < 4.78 is 0. The Bertz CT molecular complexity index is 336. The number of aromatic amines is 1. The predicted octanol–water partition coefficient (Wildman–Crippen LogP) is 1.50. The molecule has 1 fully saturated rings. The first-order valence-electron chi connectivity index (χ1n) is 5.95. The third-order valence-electron chi connectivity index (χ3n) is 3.33. The Morgan fingerprint density at radius 2 is 2.50 bits per heavy atom. The van der Waals surface area contributed by atoms with Crippen LogP contribution in [0, 0.1) is 5.92 Å². The van der Waals surface area contributed by atoms with Crippen molar-refractivity contribution in [2.75, 3.05) is 0 Å². The number of nitrogens with zero attached hydrogens (tertiary/aromatic N) is 2. The summed E-state index contributed by atoms with van der Waals surface area (Å²) in [7, 11) is 0. The van der Waals surface area contributed by atoms with Gasteiger partial charge in [-0.1, -0.05) is 26.2 Å². The van der Waals surface area contributed by atoms with Crippen LogP contribution in [0.2, 0.25) is 0 Å². The van der Waals surface area contributed by atoms with Gasteiger partial charge < -0.3 is 5.32 Å². The van der Waals surface area contributed by atoms with Crippen molar-refractivity contribution < 1.29 is 4.79 Å². The lowest BCUT2D eigenvalue weighted by atomic mass is 9.84. The average Bonchev–Trinajstić information content (AvgIpc) is 2.83. The Morgan fingerprint density at radius 3 is 3.19 bits per heavy atom. The number of carbonyl (C=O) groups excluding carboxylic acids is 1. The highest BCUT2D eigenvalue weighted by molar-refractivity contribution is 5.90. The number of hydrogen-bond donors (Lipinski definition) is 2. The molecule has 2 N–H and O–H groups in total. The fraction of sp³-hybridized carbons (Fsp3) is 0.727. The average molecular weight is 222 g/mol. The van der Waals surface area contributed by atoms with Crippen LogP contribution in [0.4, 0.5) is 0 Å². The Hall–Kier alpha value is -1.39. The molecule has 1 aromatic heterocycles. The van der Waals surface area contributed by atoms with Crippen molar-refractivity contribution in [3.63, 3.8) is 0 Å². The molecule has 1 aliphatic rings. The van der Waals surface area contributed by atoms with Crippen molar-refractivity contribution in [1.29, 1.82) is 0 Å². The second-order valence-corrected chi connectivity index (χ2v) is 4.45. The maximum Gasteiger partial charge on any atom is 0.288 e. The van der Waals surface area contributed by atoms with Crippen LogP contribution in [0.1, 0.15) is 49.6 Å². The topological polar surface area (TPSA) is 70.7 Å². The van der Waals surface area contributed by atoms with Gasteiger partial charge in [-0.15, -0.1) is 0 Å². The zero-order valence-corrected chi connectivity index (χ0v) is 9.57. The highest BCUT2D eigenvalue weighted by Crippen LogP contribution is 2.26. The van der Waals surface area contributed by atoms with Gasteiger partial charge in [-0.05, 0) is 18.8 Å². The summed E-state index contributed by atoms with van der Waals surface area (Å²) in [5, 5.41) is 9.26. The van der Waals surface area contributed by atoms with Crippen molar-refractivity contribution in [3.8, 4) is 0 Å². The second kappa shape index (κ2) is 5.09. The number of amides is 1. The Balaban J connectivity index is 1.87. The minimum Gasteiger partial charge on any atom is -0.347 e. The van der Waals surface area contributed by atoms with Crippen molar-refractivity contribution in [2.45, 2.75) is 45.1 Å². The SMILES string of the molecule is CCC1CCCC(NC(=O)c2ncn[nH]2)C1. The molecule has 5 nitrogen and oxygen atoms in total. The van der Waals surface area contributed by atoms with Crippen LogP contribution in [-0.2, 0) is 0 Å². The van der Waals surface area contributed by atoms with Gasteiger partial charge in [0.1, 0.15) is 6.33 Å². The summed E-state index contributed by atoms with van der Waals surface area (Å²) in [5.74, 6) is 0.923. The molecule has 2 unspecified atom stereocenters. The first-order valence-corrected chi connectivity index (χ1v) is 5.95. The molecule has 16 heavy (non-hydrogen) atoms. The molecule has 1 aromatic rings. The zero-order chi connectivity index (χ0) is 11.4. The van der Waals surface area contributed by atoms with Gasteiger partial charge in [-0.25, -0.2) is 4.98 Å². The fourth-order valence-electron chi connectivity index (χ4n) is 2.36. The Labute approximate surface area is 95.0 Å². The third-order valence-corrected chi connectivity index (χ3v) is 3.33. The molecule has 5 heteroatoms. The number of H-pyrrole nitrogens is 1. The Morgan fingerprint density at radius 1 is 1.62 bits per heavy atom. The van der Waals surface area contributed by atoms with Crippen LogP contribution in [-0.4, -0.2) is 27.1 Å². The van der Waals surface area contributed by atoms with E-state index in [0.717, 1.165) is 18.8 Å². The van der Waals surface area contributed by atoms with E-state index in [9.17, 15) is 4.79 Å². The predicted molar refractivity (Wildman–Crippen MR) is 59.9 cm³/mol. The summed E-state index contributed by atoms with van der Waals surface area (Å²) in [6, 6.07) is 0.302. The maximum absolute atomic E-state index is 11.7. The van der Waals surface area contributed by atoms with Crippen LogP contribution < -0.4 is 5.32 Å². The van der Waals surface area contributed by atoms with Gasteiger partial charge in [0.15, 0.2) is 0 Å². The number of nitrogens with one attached hydrogen (secondary N) is 2. The maximum atomic E-state index is 11.7. The van der Waals surface area contributed by atoms with Crippen LogP contribution in [0.5, 0.6) is 0 Å². The molecular formula is C11H18N4O. The molecule has 0 saturated heterocycles. The number of rotatable bonds is 3. The van der Waals surface area contributed by atoms with Gasteiger partial charge in [-0.3, -0.25) is 9.89 Å². The minimum atomic E-state index is -0.140. The standard InChI is InChI=1S/C11H18N4O/c1-2-8-4-3-5-9(6-8)14-11(16)10-12-7-13-15-10/h7-9H,2-6H2,1H3,(H,14,16)(H,12,13,15). The van der Waals surface area contributed by atoms with Gasteiger partial charge >= 0.3 is 0 Å². The summed E-state index contributed by atoms with van der Waals surface area (Å²) in [4.78, 5) is 15.6. The van der Waals surface area contributed by atoms with E-state index in [1.165, 1.54) is 25.6 Å². The summed E-state index contributed by atoms with van der Waals surface area (Å²) in [6.07, 6.45) is 7.23. The molecule has 1 heterocycles. The molecule has 2 atom stereocenters. The molecule has 0 radical (unpaired) electrons. The largest absolute Gasteiger partial charge is 0.347 e. The molecular weight excluding hydrogens is 204 g/mol. The molecule has 0 bridgehead atoms. The molecule has 88 valence electrons. The van der Waals surface area contributed by atoms with E-state index in [4.69, 9.17) is 0 Å². The normalized spacial score (nSPS) is 25.3. The molecule has 0 aliphatic heterocycles. The van der Waals surface area contributed by atoms with Crippen LogP contribution >= 0.6 is 0 Å². The van der Waals surface area contributed by atoms with Gasteiger partial charge in [0, 0.05) is 6.04 Å². The third kappa shape index (κ3) is 2.59. The number of carbonyl (C=O) groups is 1. The quantitative estimate of drug-likeness (QED) is 0.814. The smallest absolute Gasteiger partial charge is 0.288 e. The summed E-state index contributed by atoms with van der Waals surface area (Å²) in [5.41, 5.74) is 0. The first-order chi connectivity index (χ1) is 7.79. The van der Waals surface area contributed by atoms with Gasteiger partial charge in [0.25, 0.3) is 5.91 Å². The highest BCUT2D eigenvalue weighted by Gasteiger charge is 2.23. The summed E-state index contributed by atoms with van der Waals surface area (Å²) in [6.45, 7) is 2.21. The van der Waals surface area contributed by atoms with E-state index >= 15 is 0 Å². The minimum absolute atomic E-state index is 0.140. The van der Waals surface area contributed by atoms with Crippen molar-refractivity contribution in [3.05, 3.63) is 12.2 Å². The van der Waals surface area contributed by atoms with Crippen molar-refractivity contribution >= 4 is 5.91 Å². The van der Waals surface area contributed by atoms with E-state index in [1.54, 1.807) is 0 Å². The Kier molecular flexibility index (Phi) is 3.54. The van der Waals surface area contributed by atoms with Gasteiger partial charge in [0.2, 0.25) is 5.82 Å². The van der Waals surface area contributed by atoms with E-state index in [0.29, 0.717) is 11.9 Å². The first kappa shape index (κ1) is 11.1. The molecule has 1 saturated carbocycles. The number of aromatic nitrogens is 3. The molecule has 2 rings (SSSR count). The zero-order valence-electron chi connectivity index (χ0n) is 9.57. The van der Waals surface area contributed by atoms with Crippen molar-refractivity contribution in [1.82, 2.24) is 20.5 Å². The highest BCUT2D eigenvalue weighted by atomic mass is 16.2. The second-order valence-electron chi connectivity index (χ2n) is 4.45. The van der Waals surface area contributed by atoms with E-state index < -0.39 is 0 Å². The molecule has 0 spiro atoms. The molecule has 1 aliphatic carbocycles. The van der Waals surface area contributed by atoms with Crippen LogP contribution in [0.3, 0.4) is 0 Å². The van der Waals surface area contributed by atoms with Crippen LogP contribution in [0.25, 0.3) is 0 Å². The van der Waals surface area contributed by atoms with Crippen LogP contribution in [0.15, 0.2) is 6.33 Å². The lowest BCUT2D eigenvalue weighted by molar-refractivity contribution is 0.0909. The molecule has 1 amide bonds. The lowest BCUT2D eigenvalue weighted by Crippen LogP contribution is -2.38. The lowest BCUT2D eigenvalue weighted by Gasteiger charge is -2.28. The van der Waals surface area contributed by atoms with E-state index in [-0.39, 0.29) is 5.91 Å². The van der Waals surface area contributed by atoms with E-state index in [2.05, 4.69) is 27.4 Å². The molecule has 0 aromatic carbocycles. The van der Waals surface area contributed by atoms with E-state index in [1.807, 2.05) is 0 Å². The monoisotopic (exact) mass is 222 g/mol. The number of hydrogen-bond acceptors (Lipinski definition) is 3. The van der Waals surface area contributed by atoms with Gasteiger partial charge in [-0.2, -0.15) is 5.10 Å². The van der Waals surface area contributed by atoms with Crippen molar-refractivity contribution in [2.24, 2.45) is 5.92 Å². The summed E-state index contributed by atoms with van der Waals surface area (Å²) >= 11 is 0.